The molecule has 4 nitrogen and oxygen atoms in total. The topological polar surface area (TPSA) is 38.7 Å². The molecule has 1 aliphatic heterocycles. The largest absolute Gasteiger partial charge is 0.368 e. The summed E-state index contributed by atoms with van der Waals surface area (Å²) >= 11 is 6.27. The van der Waals surface area contributed by atoms with E-state index in [0.717, 1.165) is 42.5 Å². The molecule has 0 bridgehead atoms. The van der Waals surface area contributed by atoms with Crippen molar-refractivity contribution in [3.63, 3.8) is 0 Å². The van der Waals surface area contributed by atoms with E-state index in [1.165, 1.54) is 0 Å². The van der Waals surface area contributed by atoms with Crippen LogP contribution in [0.3, 0.4) is 0 Å². The van der Waals surface area contributed by atoms with Crippen molar-refractivity contribution in [3.8, 4) is 0 Å². The van der Waals surface area contributed by atoms with Crippen molar-refractivity contribution in [2.45, 2.75) is 6.54 Å². The van der Waals surface area contributed by atoms with Crippen LogP contribution in [0.5, 0.6) is 0 Å². The first-order chi connectivity index (χ1) is 8.20. The van der Waals surface area contributed by atoms with Gasteiger partial charge in [-0.3, -0.25) is 0 Å². The van der Waals surface area contributed by atoms with Crippen molar-refractivity contribution in [1.82, 2.24) is 10.4 Å². The van der Waals surface area contributed by atoms with Gasteiger partial charge in [-0.25, -0.2) is 5.48 Å². The molecular weight excluding hydrogens is 238 g/mol. The number of anilines is 1. The molecule has 94 valence electrons. The van der Waals surface area contributed by atoms with Crippen LogP contribution in [-0.4, -0.2) is 43.3 Å². The minimum Gasteiger partial charge on any atom is -0.368 e. The van der Waals surface area contributed by atoms with Gasteiger partial charge in [-0.1, -0.05) is 17.7 Å². The number of rotatable bonds is 3. The van der Waals surface area contributed by atoms with Crippen LogP contribution in [0, 0.1) is 0 Å². The van der Waals surface area contributed by atoms with Crippen LogP contribution < -0.4 is 10.4 Å². The lowest BCUT2D eigenvalue weighted by molar-refractivity contribution is 0.161. The first-order valence-electron chi connectivity index (χ1n) is 5.79. The van der Waals surface area contributed by atoms with Crippen LogP contribution in [0.1, 0.15) is 5.56 Å². The van der Waals surface area contributed by atoms with Crippen LogP contribution in [0.25, 0.3) is 0 Å². The number of hydrogen-bond donors (Lipinski definition) is 2. The molecule has 17 heavy (non-hydrogen) atoms. The highest BCUT2D eigenvalue weighted by Crippen LogP contribution is 2.27. The number of benzene rings is 1. The Labute approximate surface area is 107 Å². The SMILES string of the molecule is CN1CCN(c2ccc(CNO)cc2Cl)CC1. The molecule has 1 aromatic rings. The number of nitrogens with zero attached hydrogens (tertiary/aromatic N) is 2. The van der Waals surface area contributed by atoms with Crippen molar-refractivity contribution in [1.29, 1.82) is 0 Å². The lowest BCUT2D eigenvalue weighted by atomic mass is 10.2. The Morgan fingerprint density at radius 3 is 2.59 bits per heavy atom. The second kappa shape index (κ2) is 5.69. The van der Waals surface area contributed by atoms with Crippen molar-refractivity contribution in [2.24, 2.45) is 0 Å². The van der Waals surface area contributed by atoms with Crippen molar-refractivity contribution >= 4 is 17.3 Å². The number of piperazine rings is 1. The van der Waals surface area contributed by atoms with Crippen LogP contribution in [-0.2, 0) is 6.54 Å². The molecule has 2 N–H and O–H groups in total. The predicted octanol–water partition coefficient (Wildman–Crippen LogP) is 1.57. The van der Waals surface area contributed by atoms with E-state index in [1.54, 1.807) is 0 Å². The Morgan fingerprint density at radius 2 is 2.00 bits per heavy atom. The summed E-state index contributed by atoms with van der Waals surface area (Å²) < 4.78 is 0. The summed E-state index contributed by atoms with van der Waals surface area (Å²) in [5.74, 6) is 0. The summed E-state index contributed by atoms with van der Waals surface area (Å²) in [5.41, 5.74) is 4.20. The fourth-order valence-electron chi connectivity index (χ4n) is 2.06. The number of likely N-dealkylation sites (N-methyl/N-ethyl adjacent to an activating group) is 1. The maximum absolute atomic E-state index is 8.65. The molecule has 0 unspecified atom stereocenters. The molecule has 1 aliphatic rings. The van der Waals surface area contributed by atoms with E-state index in [-0.39, 0.29) is 0 Å². The van der Waals surface area contributed by atoms with Gasteiger partial charge in [0.15, 0.2) is 0 Å². The normalized spacial score (nSPS) is 17.5. The summed E-state index contributed by atoms with van der Waals surface area (Å²) in [4.78, 5) is 4.62. The summed E-state index contributed by atoms with van der Waals surface area (Å²) in [5, 5.41) is 9.40. The van der Waals surface area contributed by atoms with Gasteiger partial charge in [0, 0.05) is 32.7 Å². The van der Waals surface area contributed by atoms with Crippen LogP contribution in [0.4, 0.5) is 5.69 Å². The number of nitrogens with one attached hydrogen (secondary N) is 1. The predicted molar refractivity (Wildman–Crippen MR) is 69.8 cm³/mol. The first-order valence-corrected chi connectivity index (χ1v) is 6.17. The lowest BCUT2D eigenvalue weighted by Crippen LogP contribution is -2.44. The molecule has 0 spiro atoms. The van der Waals surface area contributed by atoms with E-state index in [9.17, 15) is 0 Å². The third-order valence-electron chi connectivity index (χ3n) is 3.14. The van der Waals surface area contributed by atoms with Crippen LogP contribution in [0.15, 0.2) is 18.2 Å². The molecule has 1 saturated heterocycles. The third kappa shape index (κ3) is 3.10. The van der Waals surface area contributed by atoms with Gasteiger partial charge in [0.2, 0.25) is 0 Å². The molecule has 0 atom stereocenters. The lowest BCUT2D eigenvalue weighted by Gasteiger charge is -2.34. The molecule has 0 aliphatic carbocycles. The molecule has 1 aromatic carbocycles. The van der Waals surface area contributed by atoms with Gasteiger partial charge in [-0.15, -0.1) is 0 Å². The van der Waals surface area contributed by atoms with E-state index in [1.807, 2.05) is 18.2 Å². The van der Waals surface area contributed by atoms with Gasteiger partial charge in [0.1, 0.15) is 0 Å². The van der Waals surface area contributed by atoms with E-state index in [4.69, 9.17) is 16.8 Å². The highest BCUT2D eigenvalue weighted by molar-refractivity contribution is 6.33. The second-order valence-electron chi connectivity index (χ2n) is 4.41. The van der Waals surface area contributed by atoms with Gasteiger partial charge in [0.05, 0.1) is 10.7 Å². The zero-order chi connectivity index (χ0) is 12.3. The van der Waals surface area contributed by atoms with Gasteiger partial charge < -0.3 is 15.0 Å². The summed E-state index contributed by atoms with van der Waals surface area (Å²) in [7, 11) is 2.13. The molecule has 2 rings (SSSR count). The first kappa shape index (κ1) is 12.6. The number of hydrogen-bond acceptors (Lipinski definition) is 4. The Kier molecular flexibility index (Phi) is 4.23. The molecule has 0 saturated carbocycles. The Hall–Kier alpha value is -0.810. The molecular formula is C12H18ClN3O. The maximum atomic E-state index is 8.65. The van der Waals surface area contributed by atoms with E-state index in [0.29, 0.717) is 6.54 Å². The van der Waals surface area contributed by atoms with Gasteiger partial charge >= 0.3 is 0 Å². The minimum absolute atomic E-state index is 0.419. The van der Waals surface area contributed by atoms with E-state index < -0.39 is 0 Å². The smallest absolute Gasteiger partial charge is 0.0642 e. The van der Waals surface area contributed by atoms with Crippen LogP contribution in [0.2, 0.25) is 5.02 Å². The van der Waals surface area contributed by atoms with Crippen LogP contribution >= 0.6 is 11.6 Å². The monoisotopic (exact) mass is 255 g/mol. The Balaban J connectivity index is 2.10. The fraction of sp³-hybridized carbons (Fsp3) is 0.500. The molecule has 1 heterocycles. The molecule has 0 aromatic heterocycles. The number of hydroxylamine groups is 1. The molecule has 5 heteroatoms. The molecule has 0 radical (unpaired) electrons. The van der Waals surface area contributed by atoms with E-state index in [2.05, 4.69) is 22.3 Å². The van der Waals surface area contributed by atoms with Gasteiger partial charge in [0.25, 0.3) is 0 Å². The van der Waals surface area contributed by atoms with Crippen molar-refractivity contribution < 1.29 is 5.21 Å². The average molecular weight is 256 g/mol. The zero-order valence-corrected chi connectivity index (χ0v) is 10.7. The quantitative estimate of drug-likeness (QED) is 0.805. The summed E-state index contributed by atoms with van der Waals surface area (Å²) in [6.45, 7) is 4.57. The fourth-order valence-corrected chi connectivity index (χ4v) is 2.38. The summed E-state index contributed by atoms with van der Waals surface area (Å²) in [6.07, 6.45) is 0. The Bertz CT molecular complexity index is 378. The Morgan fingerprint density at radius 1 is 1.29 bits per heavy atom. The van der Waals surface area contributed by atoms with Crippen molar-refractivity contribution in [2.75, 3.05) is 38.1 Å². The maximum Gasteiger partial charge on any atom is 0.0642 e. The third-order valence-corrected chi connectivity index (χ3v) is 3.44. The zero-order valence-electron chi connectivity index (χ0n) is 9.99. The highest BCUT2D eigenvalue weighted by atomic mass is 35.5. The standard InChI is InChI=1S/C12H18ClN3O/c1-15-4-6-16(7-5-15)12-3-2-10(9-14-17)8-11(12)13/h2-3,8,14,17H,4-7,9H2,1H3. The van der Waals surface area contributed by atoms with E-state index >= 15 is 0 Å². The minimum atomic E-state index is 0.419. The molecule has 0 amide bonds. The highest BCUT2D eigenvalue weighted by Gasteiger charge is 2.16. The second-order valence-corrected chi connectivity index (χ2v) is 4.82. The molecule has 1 fully saturated rings. The van der Waals surface area contributed by atoms with Gasteiger partial charge in [-0.2, -0.15) is 0 Å². The number of halogens is 1. The van der Waals surface area contributed by atoms with Gasteiger partial charge in [-0.05, 0) is 24.7 Å². The van der Waals surface area contributed by atoms with Crippen molar-refractivity contribution in [3.05, 3.63) is 28.8 Å². The summed E-state index contributed by atoms with van der Waals surface area (Å²) in [6, 6.07) is 5.92. The average Bonchev–Trinajstić information content (AvgIpc) is 2.31.